The van der Waals surface area contributed by atoms with Crippen LogP contribution in [-0.2, 0) is 20.1 Å². The topological polar surface area (TPSA) is 79.4 Å². The molecule has 0 N–H and O–H groups in total. The molecule has 5 rings (SSSR count). The summed E-state index contributed by atoms with van der Waals surface area (Å²) < 4.78 is 11.8. The summed E-state index contributed by atoms with van der Waals surface area (Å²) in [5, 5.41) is 0. The van der Waals surface area contributed by atoms with Crippen molar-refractivity contribution in [2.45, 2.75) is 20.0 Å². The Morgan fingerprint density at radius 3 is 2.61 bits per heavy atom. The summed E-state index contributed by atoms with van der Waals surface area (Å²) >= 11 is 0. The van der Waals surface area contributed by atoms with Crippen LogP contribution in [-0.4, -0.2) is 23.1 Å². The number of furan rings is 1. The minimum Gasteiger partial charge on any atom is -0.467 e. The van der Waals surface area contributed by atoms with Gasteiger partial charge in [-0.2, -0.15) is 4.98 Å². The Bertz CT molecular complexity index is 1530. The van der Waals surface area contributed by atoms with Crippen LogP contribution >= 0.6 is 0 Å². The van der Waals surface area contributed by atoms with Gasteiger partial charge < -0.3 is 8.98 Å². The van der Waals surface area contributed by atoms with E-state index in [0.717, 1.165) is 17.0 Å². The number of nitrogens with zero attached hydrogens (tertiary/aromatic N) is 5. The van der Waals surface area contributed by atoms with Gasteiger partial charge >= 0.3 is 5.69 Å². The minimum atomic E-state index is -0.398. The lowest BCUT2D eigenvalue weighted by atomic mass is 10.2. The first-order valence-corrected chi connectivity index (χ1v) is 9.96. The van der Waals surface area contributed by atoms with Crippen LogP contribution in [0.5, 0.6) is 0 Å². The molecule has 4 aromatic heterocycles. The SMILES string of the molecule is Cc1cn2c3c(=O)n(CC=Cc4ccccc4)c(=O)n(C)c3nc2n1Cc1ccco1. The summed E-state index contributed by atoms with van der Waals surface area (Å²) in [6.07, 6.45) is 7.20. The number of rotatable bonds is 5. The largest absolute Gasteiger partial charge is 0.467 e. The van der Waals surface area contributed by atoms with Gasteiger partial charge in [0.15, 0.2) is 11.2 Å². The monoisotopic (exact) mass is 415 g/mol. The van der Waals surface area contributed by atoms with E-state index in [2.05, 4.69) is 4.98 Å². The molecule has 1 aromatic carbocycles. The molecule has 8 nitrogen and oxygen atoms in total. The van der Waals surface area contributed by atoms with E-state index in [1.165, 1.54) is 9.13 Å². The number of hydrogen-bond acceptors (Lipinski definition) is 4. The quantitative estimate of drug-likeness (QED) is 0.442. The highest BCUT2D eigenvalue weighted by Crippen LogP contribution is 2.18. The Morgan fingerprint density at radius 1 is 1.06 bits per heavy atom. The molecule has 0 saturated heterocycles. The summed E-state index contributed by atoms with van der Waals surface area (Å²) in [5.74, 6) is 1.37. The predicted octanol–water partition coefficient (Wildman–Crippen LogP) is 2.81. The van der Waals surface area contributed by atoms with Crippen molar-refractivity contribution in [2.24, 2.45) is 7.05 Å². The average Bonchev–Trinajstić information content (AvgIpc) is 3.48. The second-order valence-corrected chi connectivity index (χ2v) is 7.46. The normalized spacial score (nSPS) is 11.9. The molecule has 0 aliphatic carbocycles. The lowest BCUT2D eigenvalue weighted by Gasteiger charge is -2.06. The van der Waals surface area contributed by atoms with Crippen LogP contribution in [0.25, 0.3) is 23.0 Å². The van der Waals surface area contributed by atoms with E-state index in [4.69, 9.17) is 4.42 Å². The van der Waals surface area contributed by atoms with Gasteiger partial charge in [0.05, 0.1) is 12.8 Å². The van der Waals surface area contributed by atoms with Gasteiger partial charge in [0.25, 0.3) is 5.56 Å². The maximum absolute atomic E-state index is 13.3. The molecular formula is C23H21N5O3. The number of benzene rings is 1. The highest BCUT2D eigenvalue weighted by atomic mass is 16.3. The molecule has 0 radical (unpaired) electrons. The van der Waals surface area contributed by atoms with Gasteiger partial charge in [0, 0.05) is 25.5 Å². The van der Waals surface area contributed by atoms with Gasteiger partial charge in [-0.1, -0.05) is 42.5 Å². The highest BCUT2D eigenvalue weighted by Gasteiger charge is 2.20. The summed E-state index contributed by atoms with van der Waals surface area (Å²) in [5.41, 5.74) is 1.92. The molecule has 156 valence electrons. The number of imidazole rings is 2. The number of aryl methyl sites for hydroxylation is 2. The molecule has 4 heterocycles. The molecule has 0 saturated carbocycles. The summed E-state index contributed by atoms with van der Waals surface area (Å²) in [6, 6.07) is 13.5. The zero-order valence-electron chi connectivity index (χ0n) is 17.2. The third-order valence-corrected chi connectivity index (χ3v) is 5.43. The van der Waals surface area contributed by atoms with E-state index in [-0.39, 0.29) is 12.1 Å². The predicted molar refractivity (Wildman–Crippen MR) is 118 cm³/mol. The summed E-state index contributed by atoms with van der Waals surface area (Å²) in [6.45, 7) is 2.61. The molecule has 0 amide bonds. The van der Waals surface area contributed by atoms with Gasteiger partial charge in [-0.3, -0.25) is 18.3 Å². The van der Waals surface area contributed by atoms with Gasteiger partial charge in [0.1, 0.15) is 5.76 Å². The lowest BCUT2D eigenvalue weighted by Crippen LogP contribution is -2.39. The highest BCUT2D eigenvalue weighted by molar-refractivity contribution is 5.75. The Labute approximate surface area is 176 Å². The molecule has 8 heteroatoms. The van der Waals surface area contributed by atoms with E-state index in [1.54, 1.807) is 17.7 Å². The Hall–Kier alpha value is -4.07. The Morgan fingerprint density at radius 2 is 1.87 bits per heavy atom. The van der Waals surface area contributed by atoms with Gasteiger partial charge in [0.2, 0.25) is 5.78 Å². The third-order valence-electron chi connectivity index (χ3n) is 5.43. The van der Waals surface area contributed by atoms with E-state index in [9.17, 15) is 9.59 Å². The van der Waals surface area contributed by atoms with Crippen LogP contribution in [0.1, 0.15) is 17.0 Å². The maximum atomic E-state index is 13.3. The molecule has 31 heavy (non-hydrogen) atoms. The van der Waals surface area contributed by atoms with Crippen molar-refractivity contribution in [3.8, 4) is 0 Å². The van der Waals surface area contributed by atoms with Crippen LogP contribution in [0.15, 0.2) is 75.0 Å². The molecule has 0 fully saturated rings. The zero-order chi connectivity index (χ0) is 21.5. The van der Waals surface area contributed by atoms with Crippen LogP contribution in [0.2, 0.25) is 0 Å². The van der Waals surface area contributed by atoms with E-state index in [0.29, 0.717) is 23.5 Å². The molecule has 0 aliphatic heterocycles. The van der Waals surface area contributed by atoms with Crippen LogP contribution in [0, 0.1) is 6.92 Å². The van der Waals surface area contributed by atoms with Crippen LogP contribution < -0.4 is 11.2 Å². The van der Waals surface area contributed by atoms with Gasteiger partial charge in [-0.15, -0.1) is 0 Å². The van der Waals surface area contributed by atoms with Crippen molar-refractivity contribution in [1.29, 1.82) is 0 Å². The van der Waals surface area contributed by atoms with Gasteiger partial charge in [-0.25, -0.2) is 4.79 Å². The van der Waals surface area contributed by atoms with Crippen molar-refractivity contribution in [3.63, 3.8) is 0 Å². The zero-order valence-corrected chi connectivity index (χ0v) is 17.2. The fourth-order valence-corrected chi connectivity index (χ4v) is 3.83. The first kappa shape index (κ1) is 18.9. The summed E-state index contributed by atoms with van der Waals surface area (Å²) in [7, 11) is 1.64. The van der Waals surface area contributed by atoms with Crippen molar-refractivity contribution >= 4 is 23.0 Å². The third kappa shape index (κ3) is 3.13. The second-order valence-electron chi connectivity index (χ2n) is 7.46. The molecule has 0 aliphatic rings. The molecule has 0 spiro atoms. The smallest absolute Gasteiger partial charge is 0.332 e. The van der Waals surface area contributed by atoms with E-state index in [1.807, 2.05) is 72.3 Å². The molecule has 0 atom stereocenters. The second kappa shape index (κ2) is 7.32. The molecule has 0 unspecified atom stereocenters. The van der Waals surface area contributed by atoms with E-state index < -0.39 is 5.69 Å². The molecule has 0 bridgehead atoms. The number of hydrogen-bond donors (Lipinski definition) is 0. The standard InChI is InChI=1S/C23H21N5O3/c1-16-14-28-19-20(24-22(28)27(16)15-18-11-7-13-31-18)25(2)23(30)26(21(19)29)12-6-10-17-8-4-3-5-9-17/h3-11,13-14H,12,15H2,1-2H3. The van der Waals surface area contributed by atoms with Crippen molar-refractivity contribution in [2.75, 3.05) is 0 Å². The first-order chi connectivity index (χ1) is 15.0. The van der Waals surface area contributed by atoms with Crippen LogP contribution in [0.4, 0.5) is 0 Å². The minimum absolute atomic E-state index is 0.176. The molecule has 5 aromatic rings. The number of aromatic nitrogens is 5. The van der Waals surface area contributed by atoms with Crippen LogP contribution in [0.3, 0.4) is 0 Å². The molecular weight excluding hydrogens is 394 g/mol. The van der Waals surface area contributed by atoms with E-state index >= 15 is 0 Å². The van der Waals surface area contributed by atoms with Gasteiger partial charge in [-0.05, 0) is 24.6 Å². The summed E-state index contributed by atoms with van der Waals surface area (Å²) in [4.78, 5) is 30.8. The maximum Gasteiger partial charge on any atom is 0.332 e. The Balaban J connectivity index is 1.63. The lowest BCUT2D eigenvalue weighted by molar-refractivity contribution is 0.494. The van der Waals surface area contributed by atoms with Crippen molar-refractivity contribution in [1.82, 2.24) is 23.1 Å². The Kier molecular flexibility index (Phi) is 4.47. The number of fused-ring (bicyclic) bond motifs is 3. The van der Waals surface area contributed by atoms with Crippen molar-refractivity contribution < 1.29 is 4.42 Å². The fourth-order valence-electron chi connectivity index (χ4n) is 3.83. The number of allylic oxidation sites excluding steroid dienone is 1. The van der Waals surface area contributed by atoms with Crippen molar-refractivity contribution in [3.05, 3.63) is 98.9 Å². The average molecular weight is 415 g/mol. The fraction of sp³-hybridized carbons (Fsp3) is 0.174. The first-order valence-electron chi connectivity index (χ1n) is 9.96.